The molecule has 2 rings (SSSR count). The molecule has 7 heteroatoms. The van der Waals surface area contributed by atoms with Crippen LogP contribution >= 0.6 is 31.9 Å². The fraction of sp³-hybridized carbons (Fsp3) is 0.143. The van der Waals surface area contributed by atoms with Gasteiger partial charge in [0.2, 0.25) is 0 Å². The van der Waals surface area contributed by atoms with E-state index in [2.05, 4.69) is 37.2 Å². The van der Waals surface area contributed by atoms with Gasteiger partial charge in [-0.3, -0.25) is 10.1 Å². The minimum absolute atomic E-state index is 0.0658. The van der Waals surface area contributed by atoms with Gasteiger partial charge in [0, 0.05) is 22.6 Å². The minimum atomic E-state index is -0.550. The number of halogens is 3. The van der Waals surface area contributed by atoms with Crippen molar-refractivity contribution in [1.29, 1.82) is 0 Å². The van der Waals surface area contributed by atoms with Crippen molar-refractivity contribution in [2.75, 3.05) is 5.32 Å². The van der Waals surface area contributed by atoms with Gasteiger partial charge in [0.1, 0.15) is 11.5 Å². The third-order valence-electron chi connectivity index (χ3n) is 2.98. The smallest absolute Gasteiger partial charge is 0.293 e. The Labute approximate surface area is 137 Å². The Balaban J connectivity index is 2.32. The second-order valence-electron chi connectivity index (χ2n) is 4.46. The molecule has 1 N–H and O–H groups in total. The van der Waals surface area contributed by atoms with E-state index in [0.717, 1.165) is 22.2 Å². The lowest BCUT2D eigenvalue weighted by atomic mass is 10.1. The van der Waals surface area contributed by atoms with Crippen molar-refractivity contribution >= 4 is 43.2 Å². The number of hydrogen-bond acceptors (Lipinski definition) is 3. The standard InChI is InChI=1S/C14H11Br2FN2O2/c1-8(9-2-4-10(15)5-3-9)18-13-7-12(17)11(16)6-14(13)19(20)21/h2-8,18H,1H3. The van der Waals surface area contributed by atoms with Gasteiger partial charge in [-0.25, -0.2) is 4.39 Å². The molecular weight excluding hydrogens is 407 g/mol. The maximum Gasteiger partial charge on any atom is 0.293 e. The quantitative estimate of drug-likeness (QED) is 0.532. The van der Waals surface area contributed by atoms with Gasteiger partial charge in [-0.1, -0.05) is 28.1 Å². The topological polar surface area (TPSA) is 55.2 Å². The van der Waals surface area contributed by atoms with E-state index in [9.17, 15) is 14.5 Å². The van der Waals surface area contributed by atoms with Gasteiger partial charge in [-0.15, -0.1) is 0 Å². The number of nitro benzene ring substituents is 1. The van der Waals surface area contributed by atoms with Crippen LogP contribution < -0.4 is 5.32 Å². The SMILES string of the molecule is CC(Nc1cc(F)c(Br)cc1[N+](=O)[O-])c1ccc(Br)cc1. The van der Waals surface area contributed by atoms with Gasteiger partial charge < -0.3 is 5.32 Å². The van der Waals surface area contributed by atoms with E-state index in [1.165, 1.54) is 0 Å². The van der Waals surface area contributed by atoms with Crippen LogP contribution in [0, 0.1) is 15.9 Å². The lowest BCUT2D eigenvalue weighted by Gasteiger charge is -2.16. The summed E-state index contributed by atoms with van der Waals surface area (Å²) in [6.45, 7) is 1.85. The lowest BCUT2D eigenvalue weighted by molar-refractivity contribution is -0.384. The maximum atomic E-state index is 13.6. The predicted octanol–water partition coefficient (Wildman–Crippen LogP) is 5.43. The largest absolute Gasteiger partial charge is 0.373 e. The van der Waals surface area contributed by atoms with Crippen molar-refractivity contribution in [1.82, 2.24) is 0 Å². The molecule has 0 aromatic heterocycles. The van der Waals surface area contributed by atoms with Crippen molar-refractivity contribution in [3.63, 3.8) is 0 Å². The van der Waals surface area contributed by atoms with Gasteiger partial charge in [0.05, 0.1) is 9.40 Å². The Bertz CT molecular complexity index is 677. The molecule has 0 aliphatic heterocycles. The zero-order valence-electron chi connectivity index (χ0n) is 10.9. The first kappa shape index (κ1) is 15.9. The monoisotopic (exact) mass is 416 g/mol. The maximum absolute atomic E-state index is 13.6. The molecule has 1 atom stereocenters. The van der Waals surface area contributed by atoms with Gasteiger partial charge in [-0.05, 0) is 40.5 Å². The van der Waals surface area contributed by atoms with Crippen LogP contribution in [0.25, 0.3) is 0 Å². The molecule has 0 spiro atoms. The number of benzene rings is 2. The van der Waals surface area contributed by atoms with Crippen LogP contribution in [0.5, 0.6) is 0 Å². The molecule has 2 aromatic carbocycles. The summed E-state index contributed by atoms with van der Waals surface area (Å²) in [7, 11) is 0. The molecule has 0 fully saturated rings. The first-order chi connectivity index (χ1) is 9.88. The van der Waals surface area contributed by atoms with E-state index >= 15 is 0 Å². The Morgan fingerprint density at radius 2 is 1.86 bits per heavy atom. The summed E-state index contributed by atoms with van der Waals surface area (Å²) in [4.78, 5) is 10.5. The van der Waals surface area contributed by atoms with Crippen LogP contribution in [-0.4, -0.2) is 4.92 Å². The minimum Gasteiger partial charge on any atom is -0.373 e. The van der Waals surface area contributed by atoms with E-state index in [-0.39, 0.29) is 21.9 Å². The molecule has 0 saturated heterocycles. The number of rotatable bonds is 4. The van der Waals surface area contributed by atoms with Crippen molar-refractivity contribution in [3.8, 4) is 0 Å². The van der Waals surface area contributed by atoms with Crippen molar-refractivity contribution in [2.45, 2.75) is 13.0 Å². The average molecular weight is 418 g/mol. The molecule has 0 heterocycles. The zero-order chi connectivity index (χ0) is 15.6. The van der Waals surface area contributed by atoms with Crippen molar-refractivity contribution in [2.24, 2.45) is 0 Å². The van der Waals surface area contributed by atoms with E-state index in [1.54, 1.807) is 0 Å². The van der Waals surface area contributed by atoms with Crippen LogP contribution in [0.4, 0.5) is 15.8 Å². The number of nitrogens with zero attached hydrogens (tertiary/aromatic N) is 1. The molecule has 1 unspecified atom stereocenters. The molecule has 0 aliphatic carbocycles. The summed E-state index contributed by atoms with van der Waals surface area (Å²) in [5.41, 5.74) is 0.916. The van der Waals surface area contributed by atoms with Gasteiger partial charge in [-0.2, -0.15) is 0 Å². The Kier molecular flexibility index (Phi) is 4.95. The van der Waals surface area contributed by atoms with Gasteiger partial charge in [0.15, 0.2) is 0 Å². The normalized spacial score (nSPS) is 12.0. The number of hydrogen-bond donors (Lipinski definition) is 1. The first-order valence-corrected chi connectivity index (χ1v) is 7.62. The van der Waals surface area contributed by atoms with E-state index < -0.39 is 10.7 Å². The van der Waals surface area contributed by atoms with E-state index in [1.807, 2.05) is 31.2 Å². The molecule has 0 bridgehead atoms. The van der Waals surface area contributed by atoms with E-state index in [0.29, 0.717) is 0 Å². The van der Waals surface area contributed by atoms with Crippen LogP contribution in [0.15, 0.2) is 45.3 Å². The van der Waals surface area contributed by atoms with Crippen molar-refractivity contribution in [3.05, 3.63) is 66.8 Å². The predicted molar refractivity (Wildman–Crippen MR) is 86.9 cm³/mol. The Hall–Kier alpha value is -1.47. The first-order valence-electron chi connectivity index (χ1n) is 6.04. The summed E-state index contributed by atoms with van der Waals surface area (Å²) in [5, 5.41) is 14.0. The second kappa shape index (κ2) is 6.53. The molecule has 4 nitrogen and oxygen atoms in total. The van der Waals surface area contributed by atoms with Crippen LogP contribution in [-0.2, 0) is 0 Å². The number of nitro groups is 1. The number of anilines is 1. The molecule has 0 radical (unpaired) electrons. The Morgan fingerprint density at radius 1 is 1.24 bits per heavy atom. The summed E-state index contributed by atoms with van der Waals surface area (Å²) >= 11 is 6.30. The third kappa shape index (κ3) is 3.79. The highest BCUT2D eigenvalue weighted by Gasteiger charge is 2.19. The van der Waals surface area contributed by atoms with Crippen LogP contribution in [0.1, 0.15) is 18.5 Å². The van der Waals surface area contributed by atoms with Crippen LogP contribution in [0.2, 0.25) is 0 Å². The highest BCUT2D eigenvalue weighted by Crippen LogP contribution is 2.33. The highest BCUT2D eigenvalue weighted by atomic mass is 79.9. The third-order valence-corrected chi connectivity index (χ3v) is 4.11. The fourth-order valence-electron chi connectivity index (χ4n) is 1.87. The summed E-state index contributed by atoms with van der Waals surface area (Å²) in [5.74, 6) is -0.550. The van der Waals surface area contributed by atoms with Crippen molar-refractivity contribution < 1.29 is 9.31 Å². The molecule has 21 heavy (non-hydrogen) atoms. The average Bonchev–Trinajstić information content (AvgIpc) is 2.43. The second-order valence-corrected chi connectivity index (χ2v) is 6.23. The summed E-state index contributed by atoms with van der Waals surface area (Å²) < 4.78 is 14.6. The molecule has 0 saturated carbocycles. The summed E-state index contributed by atoms with van der Waals surface area (Å²) in [6, 6.07) is 9.63. The molecular formula is C14H11Br2FN2O2. The molecule has 110 valence electrons. The fourth-order valence-corrected chi connectivity index (χ4v) is 2.47. The molecule has 0 amide bonds. The zero-order valence-corrected chi connectivity index (χ0v) is 14.1. The Morgan fingerprint density at radius 3 is 2.43 bits per heavy atom. The van der Waals surface area contributed by atoms with Gasteiger partial charge in [0.25, 0.3) is 5.69 Å². The highest BCUT2D eigenvalue weighted by molar-refractivity contribution is 9.10. The van der Waals surface area contributed by atoms with Crippen LogP contribution in [0.3, 0.4) is 0 Å². The van der Waals surface area contributed by atoms with Gasteiger partial charge >= 0.3 is 0 Å². The number of nitrogens with one attached hydrogen (secondary N) is 1. The van der Waals surface area contributed by atoms with E-state index in [4.69, 9.17) is 0 Å². The molecule has 2 aromatic rings. The summed E-state index contributed by atoms with van der Waals surface area (Å²) in [6.07, 6.45) is 0. The molecule has 0 aliphatic rings. The lowest BCUT2D eigenvalue weighted by Crippen LogP contribution is -2.08.